The van der Waals surface area contributed by atoms with Gasteiger partial charge in [-0.15, -0.1) is 0 Å². The summed E-state index contributed by atoms with van der Waals surface area (Å²) in [4.78, 5) is 0. The number of ether oxygens (including phenoxy) is 1. The molecule has 0 amide bonds. The van der Waals surface area contributed by atoms with Crippen LogP contribution in [0.2, 0.25) is 5.02 Å². The number of halogens is 1. The van der Waals surface area contributed by atoms with E-state index < -0.39 is 0 Å². The zero-order valence-electron chi connectivity index (χ0n) is 10.8. The van der Waals surface area contributed by atoms with Crippen molar-refractivity contribution in [2.75, 3.05) is 13.2 Å². The van der Waals surface area contributed by atoms with Crippen LogP contribution in [0.15, 0.2) is 48.5 Å². The lowest BCUT2D eigenvalue weighted by Gasteiger charge is -2.16. The Hall–Kier alpha value is -1.51. The third-order valence-electron chi connectivity index (χ3n) is 3.00. The number of aryl methyl sites for hydroxylation is 1. The van der Waals surface area contributed by atoms with Gasteiger partial charge in [0.2, 0.25) is 0 Å². The van der Waals surface area contributed by atoms with Crippen LogP contribution in [0.5, 0.6) is 5.75 Å². The smallest absolute Gasteiger partial charge is 0.119 e. The molecule has 0 heterocycles. The molecule has 0 radical (unpaired) electrons. The van der Waals surface area contributed by atoms with Crippen LogP contribution in [0.1, 0.15) is 17.0 Å². The molecule has 0 saturated heterocycles. The predicted molar refractivity (Wildman–Crippen MR) is 78.0 cm³/mol. The monoisotopic (exact) mass is 276 g/mol. The minimum atomic E-state index is -0.0437. The Morgan fingerprint density at radius 3 is 2.53 bits per heavy atom. The van der Waals surface area contributed by atoms with Crippen molar-refractivity contribution in [3.8, 4) is 5.75 Å². The SMILES string of the molecule is Cc1cccc(OCC(CO)c2ccc(Cl)cc2)c1. The van der Waals surface area contributed by atoms with Gasteiger partial charge < -0.3 is 9.84 Å². The Kier molecular flexibility index (Phi) is 4.83. The lowest BCUT2D eigenvalue weighted by molar-refractivity contribution is 0.205. The summed E-state index contributed by atoms with van der Waals surface area (Å²) in [5.41, 5.74) is 2.18. The van der Waals surface area contributed by atoms with Gasteiger partial charge in [0.15, 0.2) is 0 Å². The molecule has 0 fully saturated rings. The Morgan fingerprint density at radius 2 is 1.89 bits per heavy atom. The van der Waals surface area contributed by atoms with Gasteiger partial charge in [-0.1, -0.05) is 35.9 Å². The predicted octanol–water partition coefficient (Wildman–Crippen LogP) is 3.80. The van der Waals surface area contributed by atoms with Crippen molar-refractivity contribution in [2.24, 2.45) is 0 Å². The summed E-state index contributed by atoms with van der Waals surface area (Å²) in [6.45, 7) is 2.52. The summed E-state index contributed by atoms with van der Waals surface area (Å²) in [6.07, 6.45) is 0. The zero-order chi connectivity index (χ0) is 13.7. The van der Waals surface area contributed by atoms with Crippen LogP contribution >= 0.6 is 11.6 Å². The molecule has 2 nitrogen and oxygen atoms in total. The van der Waals surface area contributed by atoms with Crippen LogP contribution < -0.4 is 4.74 Å². The van der Waals surface area contributed by atoms with Crippen molar-refractivity contribution in [1.29, 1.82) is 0 Å². The number of aliphatic hydroxyl groups excluding tert-OH is 1. The van der Waals surface area contributed by atoms with Crippen LogP contribution in [0.25, 0.3) is 0 Å². The molecule has 100 valence electrons. The van der Waals surface area contributed by atoms with E-state index in [1.54, 1.807) is 0 Å². The van der Waals surface area contributed by atoms with Crippen LogP contribution in [0, 0.1) is 6.92 Å². The van der Waals surface area contributed by atoms with E-state index in [1.807, 2.05) is 55.5 Å². The molecule has 3 heteroatoms. The second-order valence-electron chi connectivity index (χ2n) is 4.56. The number of hydrogen-bond acceptors (Lipinski definition) is 2. The molecule has 0 aliphatic rings. The van der Waals surface area contributed by atoms with Gasteiger partial charge in [-0.25, -0.2) is 0 Å². The molecule has 0 aromatic heterocycles. The first-order valence-electron chi connectivity index (χ1n) is 6.25. The molecule has 1 unspecified atom stereocenters. The highest BCUT2D eigenvalue weighted by atomic mass is 35.5. The number of rotatable bonds is 5. The summed E-state index contributed by atoms with van der Waals surface area (Å²) in [7, 11) is 0. The molecule has 1 atom stereocenters. The fraction of sp³-hybridized carbons (Fsp3) is 0.250. The topological polar surface area (TPSA) is 29.5 Å². The van der Waals surface area contributed by atoms with E-state index in [4.69, 9.17) is 16.3 Å². The molecular formula is C16H17ClO2. The molecule has 1 N–H and O–H groups in total. The van der Waals surface area contributed by atoms with E-state index in [2.05, 4.69) is 0 Å². The van der Waals surface area contributed by atoms with Crippen molar-refractivity contribution >= 4 is 11.6 Å². The van der Waals surface area contributed by atoms with Gasteiger partial charge in [-0.3, -0.25) is 0 Å². The first-order chi connectivity index (χ1) is 9.19. The van der Waals surface area contributed by atoms with E-state index in [9.17, 15) is 5.11 Å². The molecule has 19 heavy (non-hydrogen) atoms. The van der Waals surface area contributed by atoms with Crippen molar-refractivity contribution in [1.82, 2.24) is 0 Å². The minimum absolute atomic E-state index is 0.0437. The highest BCUT2D eigenvalue weighted by Gasteiger charge is 2.11. The van der Waals surface area contributed by atoms with Crippen LogP contribution in [-0.2, 0) is 0 Å². The van der Waals surface area contributed by atoms with Gasteiger partial charge in [0.05, 0.1) is 13.2 Å². The van der Waals surface area contributed by atoms with Gasteiger partial charge in [0.25, 0.3) is 0 Å². The fourth-order valence-corrected chi connectivity index (χ4v) is 2.02. The summed E-state index contributed by atoms with van der Waals surface area (Å²) >= 11 is 5.86. The second-order valence-corrected chi connectivity index (χ2v) is 4.99. The van der Waals surface area contributed by atoms with Crippen LogP contribution in [0.4, 0.5) is 0 Å². The molecule has 2 aromatic rings. The fourth-order valence-electron chi connectivity index (χ4n) is 1.89. The Balaban J connectivity index is 2.01. The molecule has 0 bridgehead atoms. The number of benzene rings is 2. The van der Waals surface area contributed by atoms with Crippen LogP contribution in [-0.4, -0.2) is 18.3 Å². The van der Waals surface area contributed by atoms with E-state index in [1.165, 1.54) is 0 Å². The average molecular weight is 277 g/mol. The molecule has 2 rings (SSSR count). The maximum atomic E-state index is 9.47. The third-order valence-corrected chi connectivity index (χ3v) is 3.25. The largest absolute Gasteiger partial charge is 0.493 e. The molecule has 0 spiro atoms. The lowest BCUT2D eigenvalue weighted by Crippen LogP contribution is -2.14. The third kappa shape index (κ3) is 3.98. The normalized spacial score (nSPS) is 12.2. The maximum absolute atomic E-state index is 9.47. The molecule has 0 aliphatic carbocycles. The summed E-state index contributed by atoms with van der Waals surface area (Å²) in [6, 6.07) is 15.4. The highest BCUT2D eigenvalue weighted by molar-refractivity contribution is 6.30. The summed E-state index contributed by atoms with van der Waals surface area (Å²) in [5, 5.41) is 10.2. The van der Waals surface area contributed by atoms with Gasteiger partial charge in [0, 0.05) is 10.9 Å². The Morgan fingerprint density at radius 1 is 1.16 bits per heavy atom. The first kappa shape index (κ1) is 13.9. The second kappa shape index (κ2) is 6.60. The molecule has 0 aliphatic heterocycles. The molecule has 0 saturated carbocycles. The van der Waals surface area contributed by atoms with Crippen molar-refractivity contribution in [3.05, 3.63) is 64.7 Å². The molecule has 2 aromatic carbocycles. The van der Waals surface area contributed by atoms with Crippen molar-refractivity contribution < 1.29 is 9.84 Å². The van der Waals surface area contributed by atoms with Crippen molar-refractivity contribution in [3.63, 3.8) is 0 Å². The maximum Gasteiger partial charge on any atom is 0.119 e. The summed E-state index contributed by atoms with van der Waals surface area (Å²) < 4.78 is 5.73. The molecular weight excluding hydrogens is 260 g/mol. The lowest BCUT2D eigenvalue weighted by atomic mass is 10.0. The quantitative estimate of drug-likeness (QED) is 0.900. The van der Waals surface area contributed by atoms with Crippen molar-refractivity contribution in [2.45, 2.75) is 12.8 Å². The zero-order valence-corrected chi connectivity index (χ0v) is 11.6. The first-order valence-corrected chi connectivity index (χ1v) is 6.62. The van der Waals surface area contributed by atoms with Crippen LogP contribution in [0.3, 0.4) is 0 Å². The summed E-state index contributed by atoms with van der Waals surface area (Å²) in [5.74, 6) is 0.783. The van der Waals surface area contributed by atoms with E-state index in [0.717, 1.165) is 16.9 Å². The van der Waals surface area contributed by atoms with Gasteiger partial charge >= 0.3 is 0 Å². The van der Waals surface area contributed by atoms with Gasteiger partial charge in [-0.2, -0.15) is 0 Å². The van der Waals surface area contributed by atoms with E-state index >= 15 is 0 Å². The van der Waals surface area contributed by atoms with Gasteiger partial charge in [0.1, 0.15) is 5.75 Å². The Labute approximate surface area is 118 Å². The standard InChI is InChI=1S/C16H17ClO2/c1-12-3-2-4-16(9-12)19-11-14(10-18)13-5-7-15(17)8-6-13/h2-9,14,18H,10-11H2,1H3. The number of aliphatic hydroxyl groups is 1. The minimum Gasteiger partial charge on any atom is -0.493 e. The number of hydrogen-bond donors (Lipinski definition) is 1. The average Bonchev–Trinajstić information content (AvgIpc) is 2.41. The Bertz CT molecular complexity index is 523. The van der Waals surface area contributed by atoms with E-state index in [-0.39, 0.29) is 12.5 Å². The highest BCUT2D eigenvalue weighted by Crippen LogP contribution is 2.20. The van der Waals surface area contributed by atoms with Gasteiger partial charge in [-0.05, 0) is 42.3 Å². The van der Waals surface area contributed by atoms with E-state index in [0.29, 0.717) is 11.6 Å².